The van der Waals surface area contributed by atoms with Gasteiger partial charge in [-0.25, -0.2) is 0 Å². The van der Waals surface area contributed by atoms with Crippen LogP contribution in [0.1, 0.15) is 31.2 Å². The number of hydrogen-bond acceptors (Lipinski definition) is 4. The highest BCUT2D eigenvalue weighted by Crippen LogP contribution is 2.27. The van der Waals surface area contributed by atoms with Crippen LogP contribution < -0.4 is 14.8 Å². The van der Waals surface area contributed by atoms with Crippen LogP contribution in [0, 0.1) is 6.92 Å². The van der Waals surface area contributed by atoms with Crippen molar-refractivity contribution in [2.45, 2.75) is 44.8 Å². The molecule has 2 rings (SSSR count). The Kier molecular flexibility index (Phi) is 5.44. The van der Waals surface area contributed by atoms with Gasteiger partial charge in [0.1, 0.15) is 0 Å². The van der Waals surface area contributed by atoms with Gasteiger partial charge in [0.25, 0.3) is 5.91 Å². The Balaban J connectivity index is 1.81. The third-order valence-electron chi connectivity index (χ3n) is 3.74. The zero-order valence-electron chi connectivity index (χ0n) is 12.6. The van der Waals surface area contributed by atoms with Gasteiger partial charge in [-0.1, -0.05) is 6.07 Å². The van der Waals surface area contributed by atoms with Gasteiger partial charge in [-0.05, 0) is 50.3 Å². The number of aliphatic hydroxyl groups excluding tert-OH is 1. The maximum absolute atomic E-state index is 11.9. The molecular formula is C16H23NO4. The standard InChI is InChI=1S/C16H23NO4/c1-11-3-8-14(15(9-11)20-2)21-10-16(19)17-12-4-6-13(18)7-5-12/h3,8-9,12-13,18H,4-7,10H2,1-2H3,(H,17,19). The van der Waals surface area contributed by atoms with Crippen LogP contribution in [0.3, 0.4) is 0 Å². The molecule has 0 unspecified atom stereocenters. The summed E-state index contributed by atoms with van der Waals surface area (Å²) >= 11 is 0. The number of carbonyl (C=O) groups excluding carboxylic acids is 1. The van der Waals surface area contributed by atoms with Crippen LogP contribution in [0.15, 0.2) is 18.2 Å². The molecule has 21 heavy (non-hydrogen) atoms. The van der Waals surface area contributed by atoms with E-state index in [4.69, 9.17) is 9.47 Å². The Bertz CT molecular complexity index is 481. The highest BCUT2D eigenvalue weighted by atomic mass is 16.5. The summed E-state index contributed by atoms with van der Waals surface area (Å²) in [5.74, 6) is 1.06. The van der Waals surface area contributed by atoms with Gasteiger partial charge in [-0.2, -0.15) is 0 Å². The lowest BCUT2D eigenvalue weighted by molar-refractivity contribution is -0.124. The minimum Gasteiger partial charge on any atom is -0.493 e. The van der Waals surface area contributed by atoms with E-state index in [9.17, 15) is 9.90 Å². The smallest absolute Gasteiger partial charge is 0.258 e. The molecule has 0 bridgehead atoms. The Morgan fingerprint density at radius 1 is 1.29 bits per heavy atom. The Labute approximate surface area is 125 Å². The SMILES string of the molecule is COc1cc(C)ccc1OCC(=O)NC1CCC(O)CC1. The zero-order chi connectivity index (χ0) is 15.2. The Morgan fingerprint density at radius 3 is 2.67 bits per heavy atom. The van der Waals surface area contributed by atoms with Gasteiger partial charge in [0.15, 0.2) is 18.1 Å². The van der Waals surface area contributed by atoms with Crippen molar-refractivity contribution in [3.8, 4) is 11.5 Å². The number of methoxy groups -OCH3 is 1. The predicted molar refractivity (Wildman–Crippen MR) is 79.6 cm³/mol. The van der Waals surface area contributed by atoms with Crippen LogP contribution in [0.5, 0.6) is 11.5 Å². The van der Waals surface area contributed by atoms with Gasteiger partial charge < -0.3 is 19.9 Å². The van der Waals surface area contributed by atoms with E-state index in [0.717, 1.165) is 31.2 Å². The van der Waals surface area contributed by atoms with E-state index < -0.39 is 0 Å². The number of amides is 1. The van der Waals surface area contributed by atoms with E-state index in [2.05, 4.69) is 5.32 Å². The van der Waals surface area contributed by atoms with E-state index >= 15 is 0 Å². The van der Waals surface area contributed by atoms with E-state index in [1.165, 1.54) is 0 Å². The van der Waals surface area contributed by atoms with Crippen LogP contribution in [0.4, 0.5) is 0 Å². The average molecular weight is 293 g/mol. The first kappa shape index (κ1) is 15.6. The molecule has 1 aromatic rings. The second-order valence-electron chi connectivity index (χ2n) is 5.52. The molecule has 0 saturated heterocycles. The fourth-order valence-corrected chi connectivity index (χ4v) is 2.53. The van der Waals surface area contributed by atoms with Gasteiger partial charge in [0, 0.05) is 6.04 Å². The number of aryl methyl sites for hydroxylation is 1. The molecular weight excluding hydrogens is 270 g/mol. The zero-order valence-corrected chi connectivity index (χ0v) is 12.6. The van der Waals surface area contributed by atoms with Crippen LogP contribution in [-0.4, -0.2) is 36.9 Å². The summed E-state index contributed by atoms with van der Waals surface area (Å²) in [5, 5.41) is 12.4. The third-order valence-corrected chi connectivity index (χ3v) is 3.74. The molecule has 0 aromatic heterocycles. The summed E-state index contributed by atoms with van der Waals surface area (Å²) in [7, 11) is 1.58. The number of hydrogen-bond donors (Lipinski definition) is 2. The summed E-state index contributed by atoms with van der Waals surface area (Å²) in [6.07, 6.45) is 2.92. The minimum atomic E-state index is -0.216. The molecule has 1 saturated carbocycles. The number of rotatable bonds is 5. The fourth-order valence-electron chi connectivity index (χ4n) is 2.53. The van der Waals surface area contributed by atoms with Crippen LogP contribution in [0.25, 0.3) is 0 Å². The van der Waals surface area contributed by atoms with E-state index in [1.807, 2.05) is 19.1 Å². The Hall–Kier alpha value is -1.75. The van der Waals surface area contributed by atoms with Crippen molar-refractivity contribution in [3.63, 3.8) is 0 Å². The second kappa shape index (κ2) is 7.31. The van der Waals surface area contributed by atoms with Crippen molar-refractivity contribution >= 4 is 5.91 Å². The minimum absolute atomic E-state index is 0.0293. The van der Waals surface area contributed by atoms with Gasteiger partial charge in [0.05, 0.1) is 13.2 Å². The quantitative estimate of drug-likeness (QED) is 0.868. The molecule has 5 heteroatoms. The van der Waals surface area contributed by atoms with Crippen molar-refractivity contribution < 1.29 is 19.4 Å². The lowest BCUT2D eigenvalue weighted by Gasteiger charge is -2.26. The predicted octanol–water partition coefficient (Wildman–Crippen LogP) is 1.80. The summed E-state index contributed by atoms with van der Waals surface area (Å²) in [6.45, 7) is 1.94. The molecule has 0 spiro atoms. The summed E-state index contributed by atoms with van der Waals surface area (Å²) in [5.41, 5.74) is 1.07. The summed E-state index contributed by atoms with van der Waals surface area (Å²) < 4.78 is 10.8. The molecule has 1 amide bonds. The first-order chi connectivity index (χ1) is 10.1. The third kappa shape index (κ3) is 4.63. The molecule has 5 nitrogen and oxygen atoms in total. The molecule has 0 atom stereocenters. The van der Waals surface area contributed by atoms with Crippen LogP contribution in [0.2, 0.25) is 0 Å². The molecule has 0 heterocycles. The number of carbonyl (C=O) groups is 1. The maximum atomic E-state index is 11.9. The number of nitrogens with one attached hydrogen (secondary N) is 1. The van der Waals surface area contributed by atoms with Crippen molar-refractivity contribution in [1.82, 2.24) is 5.32 Å². The number of ether oxygens (including phenoxy) is 2. The molecule has 1 aliphatic rings. The normalized spacial score (nSPS) is 21.7. The number of aliphatic hydroxyl groups is 1. The highest BCUT2D eigenvalue weighted by molar-refractivity contribution is 5.78. The van der Waals surface area contributed by atoms with Gasteiger partial charge in [-0.3, -0.25) is 4.79 Å². The molecule has 1 aromatic carbocycles. The van der Waals surface area contributed by atoms with Crippen LogP contribution >= 0.6 is 0 Å². The second-order valence-corrected chi connectivity index (χ2v) is 5.52. The van der Waals surface area contributed by atoms with Crippen molar-refractivity contribution in [1.29, 1.82) is 0 Å². The number of benzene rings is 1. The van der Waals surface area contributed by atoms with Crippen molar-refractivity contribution in [2.75, 3.05) is 13.7 Å². The molecule has 116 valence electrons. The lowest BCUT2D eigenvalue weighted by Crippen LogP contribution is -2.40. The molecule has 1 fully saturated rings. The highest BCUT2D eigenvalue weighted by Gasteiger charge is 2.21. The lowest BCUT2D eigenvalue weighted by atomic mass is 9.93. The topological polar surface area (TPSA) is 67.8 Å². The maximum Gasteiger partial charge on any atom is 0.258 e. The Morgan fingerprint density at radius 2 is 2.00 bits per heavy atom. The van der Waals surface area contributed by atoms with Crippen LogP contribution in [-0.2, 0) is 4.79 Å². The summed E-state index contributed by atoms with van der Waals surface area (Å²) in [6, 6.07) is 5.73. The summed E-state index contributed by atoms with van der Waals surface area (Å²) in [4.78, 5) is 11.9. The van der Waals surface area contributed by atoms with Gasteiger partial charge >= 0.3 is 0 Å². The monoisotopic (exact) mass is 293 g/mol. The van der Waals surface area contributed by atoms with Crippen molar-refractivity contribution in [2.24, 2.45) is 0 Å². The van der Waals surface area contributed by atoms with E-state index in [1.54, 1.807) is 13.2 Å². The first-order valence-corrected chi connectivity index (χ1v) is 7.33. The van der Waals surface area contributed by atoms with Gasteiger partial charge in [-0.15, -0.1) is 0 Å². The molecule has 1 aliphatic carbocycles. The molecule has 0 radical (unpaired) electrons. The average Bonchev–Trinajstić information content (AvgIpc) is 2.48. The van der Waals surface area contributed by atoms with E-state index in [-0.39, 0.29) is 24.7 Å². The van der Waals surface area contributed by atoms with Crippen molar-refractivity contribution in [3.05, 3.63) is 23.8 Å². The fraction of sp³-hybridized carbons (Fsp3) is 0.562. The van der Waals surface area contributed by atoms with E-state index in [0.29, 0.717) is 11.5 Å². The largest absolute Gasteiger partial charge is 0.493 e. The van der Waals surface area contributed by atoms with Gasteiger partial charge in [0.2, 0.25) is 0 Å². The molecule has 2 N–H and O–H groups in total. The molecule has 0 aliphatic heterocycles. The first-order valence-electron chi connectivity index (χ1n) is 7.33.